The lowest BCUT2D eigenvalue weighted by Gasteiger charge is -2.29. The molecule has 1 aliphatic heterocycles. The van der Waals surface area contributed by atoms with Crippen LogP contribution in [0.5, 0.6) is 0 Å². The summed E-state index contributed by atoms with van der Waals surface area (Å²) in [6.07, 6.45) is -0.326. The Morgan fingerprint density at radius 2 is 2.41 bits per heavy atom. The second-order valence-electron chi connectivity index (χ2n) is 4.08. The van der Waals surface area contributed by atoms with Gasteiger partial charge < -0.3 is 10.5 Å². The van der Waals surface area contributed by atoms with Gasteiger partial charge in [0, 0.05) is 19.6 Å². The quantitative estimate of drug-likeness (QED) is 0.812. The molecule has 2 N–H and O–H groups in total. The lowest BCUT2D eigenvalue weighted by atomic mass is 10.1. The molecule has 1 heterocycles. The topological polar surface area (TPSA) is 62.3 Å². The minimum atomic E-state index is -0.326. The van der Waals surface area contributed by atoms with Crippen LogP contribution in [-0.4, -0.2) is 30.7 Å². The molecule has 0 radical (unpaired) electrons. The van der Waals surface area contributed by atoms with E-state index in [-0.39, 0.29) is 6.10 Å². The predicted octanol–water partition coefficient (Wildman–Crippen LogP) is 1.65. The summed E-state index contributed by atoms with van der Waals surface area (Å²) < 4.78 is 5.29. The van der Waals surface area contributed by atoms with E-state index in [1.165, 1.54) is 0 Å². The Hall–Kier alpha value is -1.28. The normalized spacial score (nSPS) is 21.1. The van der Waals surface area contributed by atoms with Crippen molar-refractivity contribution in [1.29, 1.82) is 5.26 Å². The van der Waals surface area contributed by atoms with Gasteiger partial charge in [-0.2, -0.15) is 5.26 Å². The average Bonchev–Trinajstić information content (AvgIpc) is 2.34. The fourth-order valence-corrected chi connectivity index (χ4v) is 1.99. The molecule has 0 bridgehead atoms. The molecular weight excluding hydrogens is 238 g/mol. The van der Waals surface area contributed by atoms with Gasteiger partial charge in [0.05, 0.1) is 23.4 Å². The Labute approximate surface area is 106 Å². The van der Waals surface area contributed by atoms with Crippen LogP contribution < -0.4 is 5.73 Å². The lowest BCUT2D eigenvalue weighted by Crippen LogP contribution is -2.41. The van der Waals surface area contributed by atoms with Crippen molar-refractivity contribution in [2.45, 2.75) is 12.6 Å². The molecule has 0 spiro atoms. The summed E-state index contributed by atoms with van der Waals surface area (Å²) >= 11 is 5.87. The van der Waals surface area contributed by atoms with E-state index in [1.807, 2.05) is 12.1 Å². The summed E-state index contributed by atoms with van der Waals surface area (Å²) in [6.45, 7) is 2.84. The monoisotopic (exact) mass is 251 g/mol. The zero-order valence-electron chi connectivity index (χ0n) is 9.40. The molecule has 90 valence electrons. The number of ether oxygens (including phenoxy) is 1. The zero-order chi connectivity index (χ0) is 12.3. The smallest absolute Gasteiger partial charge is 0.156 e. The predicted molar refractivity (Wildman–Crippen MR) is 66.5 cm³/mol. The summed E-state index contributed by atoms with van der Waals surface area (Å²) in [5.41, 5.74) is 7.45. The third-order valence-electron chi connectivity index (χ3n) is 2.76. The summed E-state index contributed by atoms with van der Waals surface area (Å²) in [5, 5.41) is 9.39. The number of hydrogen-bond donors (Lipinski definition) is 1. The molecule has 1 aliphatic rings. The van der Waals surface area contributed by atoms with Crippen LogP contribution in [0.4, 0.5) is 5.69 Å². The van der Waals surface area contributed by atoms with Crippen LogP contribution in [0, 0.1) is 11.3 Å². The molecule has 1 aromatic rings. The van der Waals surface area contributed by atoms with Crippen LogP contribution in [0.25, 0.3) is 0 Å². The van der Waals surface area contributed by atoms with Gasteiger partial charge in [-0.05, 0) is 17.7 Å². The molecule has 1 aromatic carbocycles. The van der Waals surface area contributed by atoms with Gasteiger partial charge in [-0.3, -0.25) is 4.90 Å². The van der Waals surface area contributed by atoms with Crippen molar-refractivity contribution in [3.63, 3.8) is 0 Å². The number of nitrogens with two attached hydrogens (primary N) is 1. The number of benzene rings is 1. The van der Waals surface area contributed by atoms with E-state index in [0.717, 1.165) is 18.7 Å². The molecule has 0 amide bonds. The largest absolute Gasteiger partial charge is 0.398 e. The highest BCUT2D eigenvalue weighted by Gasteiger charge is 2.19. The highest BCUT2D eigenvalue weighted by Crippen LogP contribution is 2.20. The second kappa shape index (κ2) is 5.37. The number of nitrogens with zero attached hydrogens (tertiary/aromatic N) is 2. The maximum atomic E-state index is 8.82. The zero-order valence-corrected chi connectivity index (χ0v) is 10.2. The molecule has 1 unspecified atom stereocenters. The standard InChI is InChI=1S/C12H14ClN3O/c13-11-2-1-9(5-12(11)15)7-16-3-4-17-10(6-14)8-16/h1-2,5,10H,3-4,7-8,15H2. The summed E-state index contributed by atoms with van der Waals surface area (Å²) in [5.74, 6) is 0. The highest BCUT2D eigenvalue weighted by atomic mass is 35.5. The minimum absolute atomic E-state index is 0.326. The summed E-state index contributed by atoms with van der Waals surface area (Å²) in [4.78, 5) is 2.18. The Morgan fingerprint density at radius 3 is 3.12 bits per heavy atom. The van der Waals surface area contributed by atoms with Crippen molar-refractivity contribution in [1.82, 2.24) is 4.90 Å². The number of nitriles is 1. The van der Waals surface area contributed by atoms with Gasteiger partial charge in [-0.15, -0.1) is 0 Å². The fraction of sp³-hybridized carbons (Fsp3) is 0.417. The Morgan fingerprint density at radius 1 is 1.59 bits per heavy atom. The molecule has 0 aliphatic carbocycles. The van der Waals surface area contributed by atoms with Crippen molar-refractivity contribution in [2.75, 3.05) is 25.4 Å². The van der Waals surface area contributed by atoms with Crippen molar-refractivity contribution >= 4 is 17.3 Å². The first kappa shape index (κ1) is 12.2. The van der Waals surface area contributed by atoms with E-state index in [0.29, 0.717) is 23.9 Å². The summed E-state index contributed by atoms with van der Waals surface area (Å²) in [7, 11) is 0. The lowest BCUT2D eigenvalue weighted by molar-refractivity contribution is -0.00268. The number of hydrogen-bond acceptors (Lipinski definition) is 4. The highest BCUT2D eigenvalue weighted by molar-refractivity contribution is 6.33. The van der Waals surface area contributed by atoms with Crippen molar-refractivity contribution in [3.8, 4) is 6.07 Å². The molecule has 4 nitrogen and oxygen atoms in total. The minimum Gasteiger partial charge on any atom is -0.398 e. The van der Waals surface area contributed by atoms with Crippen LogP contribution in [0.1, 0.15) is 5.56 Å². The van der Waals surface area contributed by atoms with Crippen LogP contribution in [0.2, 0.25) is 5.02 Å². The molecule has 1 atom stereocenters. The molecule has 5 heteroatoms. The third-order valence-corrected chi connectivity index (χ3v) is 3.11. The molecule has 17 heavy (non-hydrogen) atoms. The maximum Gasteiger partial charge on any atom is 0.156 e. The van der Waals surface area contributed by atoms with Gasteiger partial charge in [0.2, 0.25) is 0 Å². The molecule has 1 saturated heterocycles. The van der Waals surface area contributed by atoms with Gasteiger partial charge >= 0.3 is 0 Å². The van der Waals surface area contributed by atoms with Crippen LogP contribution >= 0.6 is 11.6 Å². The van der Waals surface area contributed by atoms with E-state index < -0.39 is 0 Å². The SMILES string of the molecule is N#CC1CN(Cc2ccc(Cl)c(N)c2)CCO1. The van der Waals surface area contributed by atoms with E-state index in [1.54, 1.807) is 6.07 Å². The molecule has 2 rings (SSSR count). The first-order chi connectivity index (χ1) is 8.19. The van der Waals surface area contributed by atoms with Crippen molar-refractivity contribution in [2.24, 2.45) is 0 Å². The first-order valence-corrected chi connectivity index (χ1v) is 5.84. The number of halogens is 1. The Balaban J connectivity index is 2.00. The van der Waals surface area contributed by atoms with E-state index in [9.17, 15) is 0 Å². The first-order valence-electron chi connectivity index (χ1n) is 5.46. The van der Waals surface area contributed by atoms with Gasteiger partial charge in [0.25, 0.3) is 0 Å². The van der Waals surface area contributed by atoms with Crippen molar-refractivity contribution < 1.29 is 4.74 Å². The van der Waals surface area contributed by atoms with Gasteiger partial charge in [0.1, 0.15) is 0 Å². The number of nitrogen functional groups attached to an aromatic ring is 1. The average molecular weight is 252 g/mol. The Bertz CT molecular complexity index is 444. The van der Waals surface area contributed by atoms with Crippen LogP contribution in [-0.2, 0) is 11.3 Å². The number of anilines is 1. The second-order valence-corrected chi connectivity index (χ2v) is 4.49. The molecular formula is C12H14ClN3O. The molecule has 0 saturated carbocycles. The van der Waals surface area contributed by atoms with E-state index in [4.69, 9.17) is 27.3 Å². The number of rotatable bonds is 2. The molecule has 1 fully saturated rings. The van der Waals surface area contributed by atoms with Gasteiger partial charge in [0.15, 0.2) is 6.10 Å². The summed E-state index contributed by atoms with van der Waals surface area (Å²) in [6, 6.07) is 7.76. The third kappa shape index (κ3) is 3.10. The Kier molecular flexibility index (Phi) is 3.85. The molecule has 0 aromatic heterocycles. The van der Waals surface area contributed by atoms with E-state index >= 15 is 0 Å². The number of morpholine rings is 1. The van der Waals surface area contributed by atoms with Crippen molar-refractivity contribution in [3.05, 3.63) is 28.8 Å². The fourth-order valence-electron chi connectivity index (χ4n) is 1.87. The van der Waals surface area contributed by atoms with Crippen LogP contribution in [0.15, 0.2) is 18.2 Å². The van der Waals surface area contributed by atoms with Gasteiger partial charge in [-0.1, -0.05) is 17.7 Å². The van der Waals surface area contributed by atoms with Crippen LogP contribution in [0.3, 0.4) is 0 Å². The maximum absolute atomic E-state index is 8.82. The van der Waals surface area contributed by atoms with Gasteiger partial charge in [-0.25, -0.2) is 0 Å². The van der Waals surface area contributed by atoms with E-state index in [2.05, 4.69) is 11.0 Å².